The normalized spacial score (nSPS) is 15.6. The van der Waals surface area contributed by atoms with Crippen LogP contribution in [0.2, 0.25) is 10.0 Å². The fourth-order valence-corrected chi connectivity index (χ4v) is 4.11. The molecule has 33 heavy (non-hydrogen) atoms. The number of nitrogens with one attached hydrogen (secondary N) is 1. The third-order valence-electron chi connectivity index (χ3n) is 4.60. The number of aromatic carboxylic acids is 1. The zero-order chi connectivity index (χ0) is 23.4. The lowest BCUT2D eigenvalue weighted by Crippen LogP contribution is -2.19. The number of thioether (sulfide) groups is 1. The standard InChI is InChI=1S/C24H16Cl2N2O4S/c25-17-5-3-6-18(21(17)26)27-24-28-22(29)20(33-24)12-16-4-1-2-7-19(16)32-13-14-8-10-15(11-9-14)23(30)31/h1-12H,13H2,(H,30,31)(H,27,28,29)/b20-12-. The molecule has 0 aromatic heterocycles. The van der Waals surface area contributed by atoms with Crippen molar-refractivity contribution in [2.45, 2.75) is 6.61 Å². The van der Waals surface area contributed by atoms with E-state index in [0.29, 0.717) is 31.6 Å². The second-order valence-electron chi connectivity index (χ2n) is 6.88. The predicted molar refractivity (Wildman–Crippen MR) is 131 cm³/mol. The second-order valence-corrected chi connectivity index (χ2v) is 8.70. The summed E-state index contributed by atoms with van der Waals surface area (Å²) in [4.78, 5) is 28.3. The van der Waals surface area contributed by atoms with Gasteiger partial charge in [0.05, 0.1) is 26.2 Å². The molecule has 0 unspecified atom stereocenters. The van der Waals surface area contributed by atoms with Gasteiger partial charge in [0.25, 0.3) is 5.91 Å². The molecule has 0 spiro atoms. The monoisotopic (exact) mass is 498 g/mol. The molecule has 1 amide bonds. The lowest BCUT2D eigenvalue weighted by Gasteiger charge is -2.10. The highest BCUT2D eigenvalue weighted by atomic mass is 35.5. The fourth-order valence-electron chi connectivity index (χ4n) is 2.95. The van der Waals surface area contributed by atoms with Gasteiger partial charge in [0, 0.05) is 5.56 Å². The number of carbonyl (C=O) groups is 2. The number of amides is 1. The quantitative estimate of drug-likeness (QED) is 0.397. The topological polar surface area (TPSA) is 88.0 Å². The number of aliphatic imine (C=N–C) groups is 1. The van der Waals surface area contributed by atoms with Crippen molar-refractivity contribution in [3.63, 3.8) is 0 Å². The minimum atomic E-state index is -0.979. The van der Waals surface area contributed by atoms with E-state index >= 15 is 0 Å². The number of rotatable bonds is 6. The van der Waals surface area contributed by atoms with Gasteiger partial charge in [-0.1, -0.05) is 59.6 Å². The van der Waals surface area contributed by atoms with Crippen LogP contribution in [-0.4, -0.2) is 22.2 Å². The molecule has 0 bridgehead atoms. The van der Waals surface area contributed by atoms with Crippen molar-refractivity contribution in [1.29, 1.82) is 0 Å². The average molecular weight is 499 g/mol. The summed E-state index contributed by atoms with van der Waals surface area (Å²) in [5.74, 6) is -0.674. The van der Waals surface area contributed by atoms with Crippen molar-refractivity contribution in [2.75, 3.05) is 0 Å². The Kier molecular flexibility index (Phi) is 7.03. The van der Waals surface area contributed by atoms with E-state index in [0.717, 1.165) is 11.1 Å². The van der Waals surface area contributed by atoms with Crippen molar-refractivity contribution in [3.05, 3.63) is 98.4 Å². The van der Waals surface area contributed by atoms with Crippen molar-refractivity contribution in [1.82, 2.24) is 5.32 Å². The van der Waals surface area contributed by atoms with E-state index in [4.69, 9.17) is 33.0 Å². The van der Waals surface area contributed by atoms with Crippen molar-refractivity contribution >= 4 is 63.8 Å². The number of hydrogen-bond donors (Lipinski definition) is 2. The molecule has 4 rings (SSSR count). The first-order valence-electron chi connectivity index (χ1n) is 9.68. The number of benzene rings is 3. The Bertz CT molecular complexity index is 1290. The third kappa shape index (κ3) is 5.57. The molecule has 2 N–H and O–H groups in total. The molecular formula is C24H16Cl2N2O4S. The van der Waals surface area contributed by atoms with Gasteiger partial charge in [-0.2, -0.15) is 0 Å². The Hall–Kier alpha value is -3.26. The summed E-state index contributed by atoms with van der Waals surface area (Å²) in [6.45, 7) is 0.249. The van der Waals surface area contributed by atoms with Crippen LogP contribution in [-0.2, 0) is 11.4 Å². The van der Waals surface area contributed by atoms with Crippen LogP contribution in [0.3, 0.4) is 0 Å². The Morgan fingerprint density at radius 3 is 2.58 bits per heavy atom. The van der Waals surface area contributed by atoms with Gasteiger partial charge in [-0.25, -0.2) is 9.79 Å². The van der Waals surface area contributed by atoms with Crippen molar-refractivity contribution in [2.24, 2.45) is 4.99 Å². The minimum Gasteiger partial charge on any atom is -0.488 e. The number of ether oxygens (including phenoxy) is 1. The molecule has 0 atom stereocenters. The van der Waals surface area contributed by atoms with Crippen LogP contribution in [0.15, 0.2) is 76.6 Å². The van der Waals surface area contributed by atoms with E-state index in [-0.39, 0.29) is 18.1 Å². The number of carboxylic acids is 1. The van der Waals surface area contributed by atoms with Gasteiger partial charge in [0.1, 0.15) is 12.4 Å². The summed E-state index contributed by atoms with van der Waals surface area (Å²) in [7, 11) is 0. The highest BCUT2D eigenvalue weighted by Crippen LogP contribution is 2.35. The van der Waals surface area contributed by atoms with Crippen LogP contribution < -0.4 is 10.1 Å². The first-order valence-corrected chi connectivity index (χ1v) is 11.3. The van der Waals surface area contributed by atoms with E-state index in [9.17, 15) is 9.59 Å². The van der Waals surface area contributed by atoms with Crippen LogP contribution in [0.1, 0.15) is 21.5 Å². The summed E-state index contributed by atoms with van der Waals surface area (Å²) >= 11 is 13.4. The third-order valence-corrected chi connectivity index (χ3v) is 6.32. The van der Waals surface area contributed by atoms with Gasteiger partial charge in [-0.3, -0.25) is 4.79 Å². The second kappa shape index (κ2) is 10.1. The Labute approximate surface area is 203 Å². The molecule has 3 aromatic rings. The maximum atomic E-state index is 12.5. The minimum absolute atomic E-state index is 0.213. The first kappa shape index (κ1) is 22.9. The molecule has 9 heteroatoms. The van der Waals surface area contributed by atoms with Gasteiger partial charge in [0.2, 0.25) is 0 Å². The molecule has 1 heterocycles. The molecule has 0 saturated carbocycles. The Balaban J connectivity index is 1.51. The van der Waals surface area contributed by atoms with E-state index in [1.807, 2.05) is 18.2 Å². The molecule has 0 aliphatic carbocycles. The smallest absolute Gasteiger partial charge is 0.335 e. The zero-order valence-corrected chi connectivity index (χ0v) is 19.2. The zero-order valence-electron chi connectivity index (χ0n) is 16.9. The number of carbonyl (C=O) groups excluding carboxylic acids is 1. The van der Waals surface area contributed by atoms with Gasteiger partial charge >= 0.3 is 5.97 Å². The predicted octanol–water partition coefficient (Wildman–Crippen LogP) is 6.16. The summed E-state index contributed by atoms with van der Waals surface area (Å²) < 4.78 is 5.93. The molecular weight excluding hydrogens is 483 g/mol. The van der Waals surface area contributed by atoms with Crippen molar-refractivity contribution in [3.8, 4) is 5.75 Å². The highest BCUT2D eigenvalue weighted by Gasteiger charge is 2.24. The summed E-state index contributed by atoms with van der Waals surface area (Å²) in [5.41, 5.74) is 2.22. The number of carboxylic acid groups (broad SMARTS) is 1. The first-order chi connectivity index (χ1) is 15.9. The summed E-state index contributed by atoms with van der Waals surface area (Å²) in [6, 6.07) is 18.9. The van der Waals surface area contributed by atoms with Crippen LogP contribution >= 0.6 is 35.0 Å². The maximum absolute atomic E-state index is 12.5. The van der Waals surface area contributed by atoms with Crippen LogP contribution in [0, 0.1) is 0 Å². The van der Waals surface area contributed by atoms with Crippen LogP contribution in [0.25, 0.3) is 6.08 Å². The number of halogens is 2. The number of amidine groups is 1. The molecule has 1 aliphatic rings. The fraction of sp³-hybridized carbons (Fsp3) is 0.0417. The van der Waals surface area contributed by atoms with E-state index in [2.05, 4.69) is 10.3 Å². The molecule has 3 aromatic carbocycles. The average Bonchev–Trinajstić information content (AvgIpc) is 3.15. The highest BCUT2D eigenvalue weighted by molar-refractivity contribution is 8.18. The molecule has 0 radical (unpaired) electrons. The SMILES string of the molecule is O=C1NC(=Nc2cccc(Cl)c2Cl)S/C1=C\c1ccccc1OCc1ccc(C(=O)O)cc1. The largest absolute Gasteiger partial charge is 0.488 e. The molecule has 1 saturated heterocycles. The van der Waals surface area contributed by atoms with Gasteiger partial charge in [0.15, 0.2) is 5.17 Å². The molecule has 1 fully saturated rings. The van der Waals surface area contributed by atoms with Crippen molar-refractivity contribution < 1.29 is 19.4 Å². The van der Waals surface area contributed by atoms with Gasteiger partial charge in [-0.15, -0.1) is 0 Å². The lowest BCUT2D eigenvalue weighted by atomic mass is 10.1. The van der Waals surface area contributed by atoms with Gasteiger partial charge < -0.3 is 15.2 Å². The number of para-hydroxylation sites is 1. The number of nitrogens with zero attached hydrogens (tertiary/aromatic N) is 1. The Morgan fingerprint density at radius 1 is 1.06 bits per heavy atom. The molecule has 166 valence electrons. The van der Waals surface area contributed by atoms with E-state index < -0.39 is 5.97 Å². The number of hydrogen-bond acceptors (Lipinski definition) is 5. The van der Waals surface area contributed by atoms with Gasteiger partial charge in [-0.05, 0) is 53.7 Å². The van der Waals surface area contributed by atoms with Crippen LogP contribution in [0.5, 0.6) is 5.75 Å². The maximum Gasteiger partial charge on any atom is 0.335 e. The van der Waals surface area contributed by atoms with E-state index in [1.165, 1.54) is 23.9 Å². The van der Waals surface area contributed by atoms with Crippen LogP contribution in [0.4, 0.5) is 5.69 Å². The summed E-state index contributed by atoms with van der Waals surface area (Å²) in [6.07, 6.45) is 1.73. The Morgan fingerprint density at radius 2 is 1.82 bits per heavy atom. The lowest BCUT2D eigenvalue weighted by molar-refractivity contribution is -0.115. The summed E-state index contributed by atoms with van der Waals surface area (Å²) in [5, 5.41) is 12.8. The molecule has 6 nitrogen and oxygen atoms in total. The molecule has 1 aliphatic heterocycles. The van der Waals surface area contributed by atoms with E-state index in [1.54, 1.807) is 42.5 Å².